The monoisotopic (exact) mass is 262 g/mol. The van der Waals surface area contributed by atoms with Gasteiger partial charge >= 0.3 is 0 Å². The van der Waals surface area contributed by atoms with E-state index in [-0.39, 0.29) is 6.04 Å². The van der Waals surface area contributed by atoms with Crippen LogP contribution in [0.15, 0.2) is 12.5 Å². The molecule has 3 heterocycles. The lowest BCUT2D eigenvalue weighted by Crippen LogP contribution is -2.17. The van der Waals surface area contributed by atoms with Crippen molar-refractivity contribution >= 4 is 0 Å². The molecule has 1 aliphatic heterocycles. The molecule has 102 valence electrons. The summed E-state index contributed by atoms with van der Waals surface area (Å²) in [5.41, 5.74) is 7.10. The summed E-state index contributed by atoms with van der Waals surface area (Å²) in [6.45, 7) is 1.59. The van der Waals surface area contributed by atoms with Crippen LogP contribution in [0.2, 0.25) is 0 Å². The lowest BCUT2D eigenvalue weighted by atomic mass is 10.00. The lowest BCUT2D eigenvalue weighted by molar-refractivity contribution is 0.0836. The van der Waals surface area contributed by atoms with E-state index in [1.54, 1.807) is 12.5 Å². The predicted molar refractivity (Wildman–Crippen MR) is 68.4 cm³/mol. The van der Waals surface area contributed by atoms with Crippen LogP contribution in [0.1, 0.15) is 42.1 Å². The van der Waals surface area contributed by atoms with Gasteiger partial charge < -0.3 is 15.5 Å². The minimum atomic E-state index is -0.217. The Kier molecular flexibility index (Phi) is 3.56. The minimum absolute atomic E-state index is 0.217. The van der Waals surface area contributed by atoms with Crippen molar-refractivity contribution in [3.63, 3.8) is 0 Å². The maximum atomic E-state index is 6.11. The molecule has 0 radical (unpaired) electrons. The van der Waals surface area contributed by atoms with Crippen LogP contribution in [-0.2, 0) is 11.2 Å². The highest BCUT2D eigenvalue weighted by Gasteiger charge is 2.21. The number of aromatic nitrogens is 5. The average molecular weight is 262 g/mol. The van der Waals surface area contributed by atoms with E-state index in [2.05, 4.69) is 25.1 Å². The summed E-state index contributed by atoms with van der Waals surface area (Å²) in [6, 6.07) is -0.217. The summed E-state index contributed by atoms with van der Waals surface area (Å²) in [5, 5.41) is 7.25. The second-order valence-corrected chi connectivity index (χ2v) is 4.85. The quantitative estimate of drug-likeness (QED) is 0.750. The number of nitrogens with one attached hydrogen (secondary N) is 2. The summed E-state index contributed by atoms with van der Waals surface area (Å²) in [7, 11) is 0. The first-order valence-electron chi connectivity index (χ1n) is 6.55. The highest BCUT2D eigenvalue weighted by Crippen LogP contribution is 2.24. The molecule has 2 aromatic rings. The average Bonchev–Trinajstić information content (AvgIpc) is 3.10. The number of rotatable bonds is 4. The van der Waals surface area contributed by atoms with E-state index in [9.17, 15) is 0 Å². The summed E-state index contributed by atoms with van der Waals surface area (Å²) >= 11 is 0. The first-order valence-corrected chi connectivity index (χ1v) is 6.55. The largest absolute Gasteiger partial charge is 0.381 e. The number of nitrogens with zero attached hydrogens (tertiary/aromatic N) is 3. The fraction of sp³-hybridized carbons (Fsp3) is 0.583. The number of imidazole rings is 1. The van der Waals surface area contributed by atoms with Crippen molar-refractivity contribution in [1.29, 1.82) is 0 Å². The number of aromatic amines is 2. The molecule has 1 aliphatic rings. The smallest absolute Gasteiger partial charge is 0.167 e. The van der Waals surface area contributed by atoms with Crippen molar-refractivity contribution in [2.24, 2.45) is 5.73 Å². The first-order chi connectivity index (χ1) is 9.33. The number of hydrogen-bond donors (Lipinski definition) is 3. The van der Waals surface area contributed by atoms with Crippen molar-refractivity contribution in [3.05, 3.63) is 29.9 Å². The molecule has 7 heteroatoms. The fourth-order valence-corrected chi connectivity index (χ4v) is 2.33. The van der Waals surface area contributed by atoms with Gasteiger partial charge in [-0.2, -0.15) is 5.10 Å². The Morgan fingerprint density at radius 2 is 2.26 bits per heavy atom. The first kappa shape index (κ1) is 12.3. The van der Waals surface area contributed by atoms with E-state index in [1.807, 2.05) is 0 Å². The van der Waals surface area contributed by atoms with Gasteiger partial charge in [0.05, 0.1) is 12.4 Å². The van der Waals surface area contributed by atoms with Crippen LogP contribution in [0.5, 0.6) is 0 Å². The number of ether oxygens (including phenoxy) is 1. The van der Waals surface area contributed by atoms with E-state index in [0.29, 0.717) is 18.2 Å². The molecule has 2 aromatic heterocycles. The molecule has 1 fully saturated rings. The Balaban J connectivity index is 1.66. The third-order valence-electron chi connectivity index (χ3n) is 3.45. The van der Waals surface area contributed by atoms with Gasteiger partial charge in [0.15, 0.2) is 5.82 Å². The molecule has 3 rings (SSSR count). The molecular weight excluding hydrogens is 244 g/mol. The van der Waals surface area contributed by atoms with Crippen molar-refractivity contribution < 1.29 is 4.74 Å². The Morgan fingerprint density at radius 1 is 1.42 bits per heavy atom. The molecule has 7 nitrogen and oxygen atoms in total. The van der Waals surface area contributed by atoms with Gasteiger partial charge in [-0.1, -0.05) is 0 Å². The van der Waals surface area contributed by atoms with Crippen LogP contribution in [0.25, 0.3) is 0 Å². The van der Waals surface area contributed by atoms with Gasteiger partial charge in [0.25, 0.3) is 0 Å². The van der Waals surface area contributed by atoms with Crippen LogP contribution in [0.4, 0.5) is 0 Å². The predicted octanol–water partition coefficient (Wildman–Crippen LogP) is 0.664. The molecule has 1 saturated heterocycles. The van der Waals surface area contributed by atoms with E-state index < -0.39 is 0 Å². The third-order valence-corrected chi connectivity index (χ3v) is 3.45. The van der Waals surface area contributed by atoms with Gasteiger partial charge in [-0.3, -0.25) is 5.10 Å². The van der Waals surface area contributed by atoms with Crippen LogP contribution in [0, 0.1) is 0 Å². The molecule has 0 saturated carbocycles. The fourth-order valence-electron chi connectivity index (χ4n) is 2.33. The summed E-state index contributed by atoms with van der Waals surface area (Å²) in [5.74, 6) is 2.00. The van der Waals surface area contributed by atoms with Crippen molar-refractivity contribution in [2.75, 3.05) is 13.2 Å². The minimum Gasteiger partial charge on any atom is -0.381 e. The molecule has 0 aliphatic carbocycles. The van der Waals surface area contributed by atoms with Crippen LogP contribution >= 0.6 is 0 Å². The second-order valence-electron chi connectivity index (χ2n) is 4.85. The normalized spacial score (nSPS) is 18.6. The second kappa shape index (κ2) is 5.50. The topological polar surface area (TPSA) is 106 Å². The summed E-state index contributed by atoms with van der Waals surface area (Å²) in [4.78, 5) is 11.5. The van der Waals surface area contributed by atoms with Gasteiger partial charge in [-0.25, -0.2) is 9.97 Å². The molecule has 19 heavy (non-hydrogen) atoms. The standard InChI is InChI=1S/C12H18N6O/c13-10(5-9-6-14-7-15-9)12-16-11(17-18-12)8-1-3-19-4-2-8/h6-8,10H,1-5,13H2,(H,14,15)(H,16,17,18)/t10-/m0/s1. The molecule has 1 atom stereocenters. The zero-order chi connectivity index (χ0) is 13.1. The van der Waals surface area contributed by atoms with Gasteiger partial charge in [0, 0.05) is 37.4 Å². The number of H-pyrrole nitrogens is 2. The van der Waals surface area contributed by atoms with Crippen LogP contribution < -0.4 is 5.73 Å². The molecule has 0 unspecified atom stereocenters. The van der Waals surface area contributed by atoms with Crippen molar-refractivity contribution in [2.45, 2.75) is 31.2 Å². The van der Waals surface area contributed by atoms with E-state index in [1.165, 1.54) is 0 Å². The van der Waals surface area contributed by atoms with Gasteiger partial charge in [0.1, 0.15) is 5.82 Å². The van der Waals surface area contributed by atoms with E-state index in [4.69, 9.17) is 10.5 Å². The molecule has 0 amide bonds. The molecule has 0 spiro atoms. The van der Waals surface area contributed by atoms with E-state index >= 15 is 0 Å². The van der Waals surface area contributed by atoms with Crippen LogP contribution in [0.3, 0.4) is 0 Å². The Hall–Kier alpha value is -1.73. The summed E-state index contributed by atoms with van der Waals surface area (Å²) in [6.07, 6.45) is 6.05. The van der Waals surface area contributed by atoms with Crippen molar-refractivity contribution in [1.82, 2.24) is 25.1 Å². The highest BCUT2D eigenvalue weighted by molar-refractivity contribution is 5.06. The Morgan fingerprint density at radius 3 is 3.00 bits per heavy atom. The number of hydrogen-bond acceptors (Lipinski definition) is 5. The SMILES string of the molecule is N[C@@H](Cc1cnc[nH]1)c1n[nH]c(C2CCOCC2)n1. The van der Waals surface area contributed by atoms with Crippen LogP contribution in [-0.4, -0.2) is 38.4 Å². The highest BCUT2D eigenvalue weighted by atomic mass is 16.5. The zero-order valence-corrected chi connectivity index (χ0v) is 10.7. The van der Waals surface area contributed by atoms with Gasteiger partial charge in [0.2, 0.25) is 0 Å². The maximum absolute atomic E-state index is 6.11. The Labute approximate surface area is 111 Å². The van der Waals surface area contributed by atoms with Gasteiger partial charge in [-0.15, -0.1) is 0 Å². The Bertz CT molecular complexity index is 502. The zero-order valence-electron chi connectivity index (χ0n) is 10.7. The molecular formula is C12H18N6O. The van der Waals surface area contributed by atoms with Gasteiger partial charge in [-0.05, 0) is 12.8 Å². The summed E-state index contributed by atoms with van der Waals surface area (Å²) < 4.78 is 5.35. The lowest BCUT2D eigenvalue weighted by Gasteiger charge is -2.19. The molecule has 0 aromatic carbocycles. The van der Waals surface area contributed by atoms with Crippen molar-refractivity contribution in [3.8, 4) is 0 Å². The maximum Gasteiger partial charge on any atom is 0.167 e. The number of nitrogens with two attached hydrogens (primary N) is 1. The van der Waals surface area contributed by atoms with E-state index in [0.717, 1.165) is 37.6 Å². The molecule has 4 N–H and O–H groups in total. The molecule has 0 bridgehead atoms. The third kappa shape index (κ3) is 2.82.